The normalized spacial score (nSPS) is 25.7. The Bertz CT molecular complexity index is 1760. The third kappa shape index (κ3) is 3.69. The Labute approximate surface area is 243 Å². The zero-order valence-electron chi connectivity index (χ0n) is 23.0. The highest BCUT2D eigenvalue weighted by atomic mass is 16.6. The van der Waals surface area contributed by atoms with E-state index in [4.69, 9.17) is 14.6 Å². The highest BCUT2D eigenvalue weighted by molar-refractivity contribution is 6.23. The Morgan fingerprint density at radius 2 is 1.81 bits per heavy atom. The molecule has 0 saturated carbocycles. The number of carboxylic acid groups (broad SMARTS) is 1. The summed E-state index contributed by atoms with van der Waals surface area (Å²) in [7, 11) is 1.01. The Balaban J connectivity index is 1.54. The van der Waals surface area contributed by atoms with Crippen molar-refractivity contribution < 1.29 is 59.0 Å². The van der Waals surface area contributed by atoms with Crippen LogP contribution in [0.25, 0.3) is 5.76 Å². The highest BCUT2D eigenvalue weighted by Crippen LogP contribution is 2.58. The largest absolute Gasteiger partial charge is 0.507 e. The lowest BCUT2D eigenvalue weighted by Crippen LogP contribution is -2.58. The maximum absolute atomic E-state index is 14.1. The lowest BCUT2D eigenvalue weighted by atomic mass is 9.62. The number of ether oxygens (including phenoxy) is 2. The summed E-state index contributed by atoms with van der Waals surface area (Å²) in [5.74, 6) is -7.63. The Hall–Kier alpha value is -4.97. The fraction of sp³-hybridized carbons (Fsp3) is 0.323. The van der Waals surface area contributed by atoms with Crippen LogP contribution in [0.1, 0.15) is 68.2 Å². The molecule has 7 rings (SSSR count). The van der Waals surface area contributed by atoms with Crippen LogP contribution in [0.3, 0.4) is 0 Å². The van der Waals surface area contributed by atoms with Crippen molar-refractivity contribution in [3.63, 3.8) is 0 Å². The van der Waals surface area contributed by atoms with E-state index in [1.54, 1.807) is 6.92 Å². The molecule has 0 saturated heterocycles. The second-order valence-electron chi connectivity index (χ2n) is 11.3. The summed E-state index contributed by atoms with van der Waals surface area (Å²) in [6.45, 7) is 1.65. The number of aromatic hydroxyl groups is 2. The van der Waals surface area contributed by atoms with Gasteiger partial charge in [-0.1, -0.05) is 12.2 Å². The number of carbonyl (C=O) groups is 5. The Kier molecular flexibility index (Phi) is 6.07. The SMILES string of the molecule is COC(=O)C1(C(O)CCC(=O)O)CC(=O)c2c(cc3c(c2O)C2C=CC4(C3)C(=O)c3cc(C)cc(O)c3C(O)=C4C2=O)O1. The second-order valence-corrected chi connectivity index (χ2v) is 11.3. The summed E-state index contributed by atoms with van der Waals surface area (Å²) >= 11 is 0. The number of benzene rings is 2. The van der Waals surface area contributed by atoms with Crippen LogP contribution in [-0.4, -0.2) is 73.6 Å². The van der Waals surface area contributed by atoms with E-state index in [1.807, 2.05) is 0 Å². The molecule has 4 atom stereocenters. The molecule has 5 aliphatic rings. The number of aryl methyl sites for hydroxylation is 1. The number of fused-ring (bicyclic) bond motifs is 2. The number of hydrogen-bond acceptors (Lipinski definition) is 11. The molecule has 1 heterocycles. The standard InChI is InChI=1S/C31H26O12/c1-12-7-15-22(16(32)8-12)27(39)24-25(37)14-5-6-30(24,28(15)40)10-13-9-18-23(26(38)21(13)14)17(33)11-31(43-18,29(41)42-2)19(34)3-4-20(35)36/h5-9,14,19,32,34,38-39H,3-4,10-11H2,1-2H3,(H,35,36). The van der Waals surface area contributed by atoms with Gasteiger partial charge in [-0.2, -0.15) is 0 Å². The van der Waals surface area contributed by atoms with Gasteiger partial charge in [0.15, 0.2) is 17.3 Å². The molecule has 2 aromatic rings. The maximum atomic E-state index is 14.1. The van der Waals surface area contributed by atoms with Gasteiger partial charge in [-0.3, -0.25) is 19.2 Å². The first-order valence-corrected chi connectivity index (χ1v) is 13.4. The molecule has 0 aromatic heterocycles. The number of phenolic OH excluding ortho intramolecular Hbond substituents is 2. The van der Waals surface area contributed by atoms with Crippen LogP contribution in [-0.2, 0) is 25.5 Å². The number of allylic oxidation sites excluding steroid dienone is 3. The zero-order valence-corrected chi connectivity index (χ0v) is 23.0. The summed E-state index contributed by atoms with van der Waals surface area (Å²) in [6, 6.07) is 4.14. The van der Waals surface area contributed by atoms with Crippen molar-refractivity contribution >= 4 is 35.0 Å². The smallest absolute Gasteiger partial charge is 0.353 e. The van der Waals surface area contributed by atoms with E-state index in [0.29, 0.717) is 5.56 Å². The van der Waals surface area contributed by atoms with Gasteiger partial charge < -0.3 is 35.0 Å². The average molecular weight is 591 g/mol. The summed E-state index contributed by atoms with van der Waals surface area (Å²) < 4.78 is 10.7. The highest BCUT2D eigenvalue weighted by Gasteiger charge is 2.58. The van der Waals surface area contributed by atoms with E-state index in [9.17, 15) is 44.4 Å². The van der Waals surface area contributed by atoms with Crippen LogP contribution < -0.4 is 4.74 Å². The summed E-state index contributed by atoms with van der Waals surface area (Å²) in [4.78, 5) is 65.6. The fourth-order valence-corrected chi connectivity index (χ4v) is 6.86. The zero-order chi connectivity index (χ0) is 31.2. The molecule has 1 aliphatic heterocycles. The van der Waals surface area contributed by atoms with Crippen LogP contribution in [0.5, 0.6) is 17.2 Å². The van der Waals surface area contributed by atoms with Crippen molar-refractivity contribution in [2.45, 2.75) is 50.2 Å². The van der Waals surface area contributed by atoms with E-state index in [1.165, 1.54) is 30.4 Å². The molecule has 12 heteroatoms. The first kappa shape index (κ1) is 28.2. The van der Waals surface area contributed by atoms with Gasteiger partial charge in [0.05, 0.1) is 36.0 Å². The van der Waals surface area contributed by atoms with E-state index in [2.05, 4.69) is 0 Å². The minimum Gasteiger partial charge on any atom is -0.507 e. The minimum absolute atomic E-state index is 0.00188. The number of Topliss-reactive ketones (excluding diaryl/α,β-unsaturated/α-hetero) is 3. The molecular weight excluding hydrogens is 564 g/mol. The van der Waals surface area contributed by atoms with Gasteiger partial charge in [0.2, 0.25) is 5.60 Å². The number of aliphatic hydroxyl groups is 2. The van der Waals surface area contributed by atoms with Gasteiger partial charge in [-0.25, -0.2) is 4.79 Å². The predicted octanol–water partition coefficient (Wildman–Crippen LogP) is 2.44. The molecule has 2 bridgehead atoms. The number of aliphatic hydroxyl groups excluding tert-OH is 2. The van der Waals surface area contributed by atoms with Gasteiger partial charge in [0, 0.05) is 17.5 Å². The van der Waals surface area contributed by atoms with Gasteiger partial charge in [-0.05, 0) is 49.1 Å². The summed E-state index contributed by atoms with van der Waals surface area (Å²) in [6.07, 6.45) is -0.945. The fourth-order valence-electron chi connectivity index (χ4n) is 6.86. The molecule has 222 valence electrons. The molecule has 0 radical (unpaired) electrons. The topological polar surface area (TPSA) is 205 Å². The van der Waals surface area contributed by atoms with Gasteiger partial charge in [-0.15, -0.1) is 0 Å². The van der Waals surface area contributed by atoms with E-state index >= 15 is 0 Å². The lowest BCUT2D eigenvalue weighted by molar-refractivity contribution is -0.172. The number of ketones is 3. The molecular formula is C31H26O12. The minimum atomic E-state index is -2.33. The van der Waals surface area contributed by atoms with Gasteiger partial charge in [0.1, 0.15) is 34.7 Å². The van der Waals surface area contributed by atoms with Crippen molar-refractivity contribution in [1.29, 1.82) is 0 Å². The van der Waals surface area contributed by atoms with Crippen LogP contribution in [0.15, 0.2) is 35.9 Å². The van der Waals surface area contributed by atoms with Crippen LogP contribution >= 0.6 is 0 Å². The van der Waals surface area contributed by atoms with Crippen LogP contribution in [0.4, 0.5) is 0 Å². The Morgan fingerprint density at radius 1 is 1.09 bits per heavy atom. The number of hydrogen-bond donors (Lipinski definition) is 5. The molecule has 4 unspecified atom stereocenters. The quantitative estimate of drug-likeness (QED) is 0.252. The van der Waals surface area contributed by atoms with Gasteiger partial charge in [0.25, 0.3) is 0 Å². The van der Waals surface area contributed by atoms with E-state index in [0.717, 1.165) is 7.11 Å². The maximum Gasteiger partial charge on any atom is 0.353 e. The average Bonchev–Trinajstić information content (AvgIpc) is 3.17. The van der Waals surface area contributed by atoms with Crippen molar-refractivity contribution in [1.82, 2.24) is 0 Å². The first-order valence-electron chi connectivity index (χ1n) is 13.4. The molecule has 5 N–H and O–H groups in total. The van der Waals surface area contributed by atoms with Crippen molar-refractivity contribution in [3.8, 4) is 17.2 Å². The van der Waals surface area contributed by atoms with Crippen LogP contribution in [0, 0.1) is 12.3 Å². The molecule has 0 fully saturated rings. The van der Waals surface area contributed by atoms with Crippen LogP contribution in [0.2, 0.25) is 0 Å². The number of carboxylic acids is 1. The van der Waals surface area contributed by atoms with E-state index in [-0.39, 0.29) is 51.3 Å². The molecule has 12 nitrogen and oxygen atoms in total. The van der Waals surface area contributed by atoms with Crippen molar-refractivity contribution in [2.24, 2.45) is 5.41 Å². The van der Waals surface area contributed by atoms with Crippen molar-refractivity contribution in [3.05, 3.63) is 69.3 Å². The molecule has 43 heavy (non-hydrogen) atoms. The third-order valence-corrected chi connectivity index (χ3v) is 8.80. The first-order chi connectivity index (χ1) is 20.3. The number of rotatable bonds is 5. The lowest BCUT2D eigenvalue weighted by Gasteiger charge is -2.39. The number of phenols is 2. The molecule has 0 amide bonds. The summed E-state index contributed by atoms with van der Waals surface area (Å²) in [5.41, 5.74) is -4.11. The number of carbonyl (C=O) groups excluding carboxylic acids is 4. The summed E-state index contributed by atoms with van der Waals surface area (Å²) in [5, 5.41) is 53.4. The number of methoxy groups -OCH3 is 1. The van der Waals surface area contributed by atoms with Crippen molar-refractivity contribution in [2.75, 3.05) is 7.11 Å². The second kappa shape index (κ2) is 9.27. The molecule has 2 aromatic carbocycles. The Morgan fingerprint density at radius 3 is 2.49 bits per heavy atom. The molecule has 1 spiro atoms. The number of aliphatic carboxylic acids is 1. The molecule has 4 aliphatic carbocycles. The van der Waals surface area contributed by atoms with E-state index < -0.39 is 83.1 Å². The predicted molar refractivity (Wildman–Crippen MR) is 145 cm³/mol. The third-order valence-electron chi connectivity index (χ3n) is 8.80. The van der Waals surface area contributed by atoms with Gasteiger partial charge >= 0.3 is 11.9 Å². The number of esters is 1. The monoisotopic (exact) mass is 590 g/mol.